The molecule has 0 aromatic heterocycles. The van der Waals surface area contributed by atoms with Crippen molar-refractivity contribution in [1.82, 2.24) is 46.2 Å². The number of nitrogens with two attached hydrogens (primary N) is 7. The van der Waals surface area contributed by atoms with Gasteiger partial charge in [-0.3, -0.25) is 58.1 Å². The third-order valence-electron chi connectivity index (χ3n) is 17.8. The van der Waals surface area contributed by atoms with E-state index in [0.717, 1.165) is 29.1 Å². The van der Waals surface area contributed by atoms with Gasteiger partial charge in [0.15, 0.2) is 17.9 Å². The lowest BCUT2D eigenvalue weighted by molar-refractivity contribution is -0.151. The second-order valence-electron chi connectivity index (χ2n) is 24.7. The number of benzene rings is 2. The second kappa shape index (κ2) is 35.6. The number of carbonyl (C=O) groups excluding carboxylic acids is 9. The Morgan fingerprint density at radius 1 is 0.579 bits per heavy atom. The van der Waals surface area contributed by atoms with Crippen molar-refractivity contribution >= 4 is 88.8 Å². The Kier molecular flexibility index (Phi) is 27.6. The zero-order valence-electron chi connectivity index (χ0n) is 53.3. The molecule has 4 heterocycles. The number of carboxylic acid groups (broad SMARTS) is 1. The molecular weight excluding hydrogens is 1250 g/mol. The molecule has 4 saturated heterocycles. The molecule has 7 rings (SSSR count). The zero-order chi connectivity index (χ0) is 68.9. The molecule has 1 saturated carbocycles. The average Bonchev–Trinajstić information content (AvgIpc) is 1.63. The summed E-state index contributed by atoms with van der Waals surface area (Å²) >= 11 is 1.43. The minimum absolute atomic E-state index is 0.000379. The van der Waals surface area contributed by atoms with Crippen molar-refractivity contribution in [3.8, 4) is 0 Å². The smallest absolute Gasteiger partial charge is 0.326 e. The summed E-state index contributed by atoms with van der Waals surface area (Å²) in [5.41, 5.74) is 39.5. The fourth-order valence-electron chi connectivity index (χ4n) is 13.2. The van der Waals surface area contributed by atoms with Crippen LogP contribution in [0, 0.1) is 5.92 Å². The number of carbonyl (C=O) groups is 10. The lowest BCUT2D eigenvalue weighted by Crippen LogP contribution is -2.60. The van der Waals surface area contributed by atoms with Crippen molar-refractivity contribution in [3.63, 3.8) is 0 Å². The van der Waals surface area contributed by atoms with Gasteiger partial charge in [-0.05, 0) is 101 Å². The van der Waals surface area contributed by atoms with Gasteiger partial charge in [-0.1, -0.05) is 61.4 Å². The largest absolute Gasteiger partial charge is 0.480 e. The summed E-state index contributed by atoms with van der Waals surface area (Å²) in [6.45, 7) is -1.37. The molecular formula is C62H93N19O13S. The number of aliphatic hydroxyl groups excluding tert-OH is 2. The number of β-amino-alcohol motifs (C(OH)–C–C–N with tert-alkyl or cyclic N) is 1. The first kappa shape index (κ1) is 73.6. The van der Waals surface area contributed by atoms with Crippen LogP contribution in [0.5, 0.6) is 0 Å². The molecule has 2 aromatic rings. The number of aliphatic hydroxyl groups is 2. The highest BCUT2D eigenvalue weighted by molar-refractivity contribution is 8.00. The molecule has 520 valence electrons. The molecule has 5 aliphatic rings. The van der Waals surface area contributed by atoms with Crippen LogP contribution in [0.25, 0.3) is 0 Å². The monoisotopic (exact) mass is 1340 g/mol. The Morgan fingerprint density at radius 3 is 1.81 bits per heavy atom. The van der Waals surface area contributed by atoms with Gasteiger partial charge in [-0.2, -0.15) is 0 Å². The molecule has 22 N–H and O–H groups in total. The number of aliphatic imine (C=N–C) groups is 3. The van der Waals surface area contributed by atoms with Crippen molar-refractivity contribution < 1.29 is 63.3 Å². The Labute approximate surface area is 555 Å². The van der Waals surface area contributed by atoms with E-state index in [-0.39, 0.29) is 133 Å². The lowest BCUT2D eigenvalue weighted by Gasteiger charge is -2.37. The number of hydrogen-bond donors (Lipinski definition) is 15. The van der Waals surface area contributed by atoms with E-state index in [1.54, 1.807) is 30.3 Å². The highest BCUT2D eigenvalue weighted by Gasteiger charge is 2.53. The van der Waals surface area contributed by atoms with Gasteiger partial charge in [0.2, 0.25) is 53.2 Å². The predicted octanol–water partition coefficient (Wildman–Crippen LogP) is -4.28. The topological polar surface area (TPSA) is 524 Å². The normalized spacial score (nSPS) is 22.9. The quantitative estimate of drug-likeness (QED) is 0.0187. The Bertz CT molecular complexity index is 3100. The number of rotatable bonds is 32. The Hall–Kier alpha value is -8.82. The maximum absolute atomic E-state index is 15.4. The fraction of sp³-hybridized carbons (Fsp3) is 0.597. The van der Waals surface area contributed by atoms with Gasteiger partial charge >= 0.3 is 5.97 Å². The summed E-state index contributed by atoms with van der Waals surface area (Å²) in [5.74, 6) is -8.31. The summed E-state index contributed by atoms with van der Waals surface area (Å²) in [4.78, 5) is 160. The van der Waals surface area contributed by atoms with Crippen LogP contribution < -0.4 is 66.7 Å². The highest BCUT2D eigenvalue weighted by atomic mass is 32.2. The van der Waals surface area contributed by atoms with E-state index in [0.29, 0.717) is 24.8 Å². The van der Waals surface area contributed by atoms with E-state index in [9.17, 15) is 53.7 Å². The van der Waals surface area contributed by atoms with Gasteiger partial charge in [0.1, 0.15) is 48.3 Å². The standard InChI is InChI=1S/C62H93N19O13S/c63-40(18-9-23-70-60(64)65)51(85)75-41(19-10-24-71-61(66)67)55(89)78-26-12-22-46(78)57(91)79-32-37(83)29-47(79)53(87)73-31-50(84)74-43(27-35-13-3-1-4-14-35)52(86)77-44(34-82)56(90)80-33-39(95-38-16-5-2-6-17-38)30-49(80)58(92)81-45-21-8-7-15-36(45)28-48(81)54(88)76-42(59(93)94)20-11-25-72-62(68)69/h1-6,13-14,16-17,36-37,39-49,82-83H,7-12,15,18-34,63H2,(H,73,87)(H,74,84)(H,75,85)(H,76,88)(H,77,86)(H,93,94)(H4,64,65,70)(H4,66,67,71)(H4,68,69,72)/t36-,37+,39-,40+,41-,42-,43-,44-,45-,46-,47-,48-,49+/m0/s1. The van der Waals surface area contributed by atoms with Crippen LogP contribution in [0.15, 0.2) is 80.5 Å². The first-order valence-electron chi connectivity index (χ1n) is 32.3. The molecule has 32 nitrogen and oxygen atoms in total. The summed E-state index contributed by atoms with van der Waals surface area (Å²) in [5, 5.41) is 44.8. The molecule has 2 aromatic carbocycles. The summed E-state index contributed by atoms with van der Waals surface area (Å²) < 4.78 is 0. The highest BCUT2D eigenvalue weighted by Crippen LogP contribution is 2.42. The molecule has 4 aliphatic heterocycles. The van der Waals surface area contributed by atoms with Crippen LogP contribution in [0.2, 0.25) is 0 Å². The van der Waals surface area contributed by atoms with Gasteiger partial charge in [0.05, 0.1) is 25.3 Å². The van der Waals surface area contributed by atoms with Crippen molar-refractivity contribution in [3.05, 3.63) is 66.2 Å². The molecule has 33 heteroatoms. The van der Waals surface area contributed by atoms with E-state index in [2.05, 4.69) is 41.6 Å². The first-order valence-corrected chi connectivity index (χ1v) is 33.2. The van der Waals surface area contributed by atoms with Crippen molar-refractivity contribution in [2.24, 2.45) is 61.0 Å². The van der Waals surface area contributed by atoms with Crippen LogP contribution in [-0.2, 0) is 54.4 Å². The van der Waals surface area contributed by atoms with Gasteiger partial charge in [0.25, 0.3) is 0 Å². The summed E-state index contributed by atoms with van der Waals surface area (Å²) in [6, 6.07) is 6.20. The van der Waals surface area contributed by atoms with E-state index in [4.69, 9.17) is 40.1 Å². The minimum Gasteiger partial charge on any atom is -0.480 e. The number of aliphatic carboxylic acids is 1. The molecule has 1 aliphatic carbocycles. The average molecular weight is 1340 g/mol. The number of likely N-dealkylation sites (tertiary alicyclic amines) is 4. The number of nitrogens with zero attached hydrogens (tertiary/aromatic N) is 7. The van der Waals surface area contributed by atoms with Gasteiger partial charge < -0.3 is 102 Å². The number of hydrogen-bond acceptors (Lipinski definition) is 17. The minimum atomic E-state index is -1.66. The van der Waals surface area contributed by atoms with Gasteiger partial charge in [-0.25, -0.2) is 4.79 Å². The van der Waals surface area contributed by atoms with Crippen molar-refractivity contribution in [1.29, 1.82) is 0 Å². The van der Waals surface area contributed by atoms with Crippen LogP contribution >= 0.6 is 11.8 Å². The molecule has 0 spiro atoms. The van der Waals surface area contributed by atoms with E-state index in [1.165, 1.54) is 26.5 Å². The van der Waals surface area contributed by atoms with Crippen LogP contribution in [0.4, 0.5) is 0 Å². The Morgan fingerprint density at radius 2 is 1.18 bits per heavy atom. The van der Waals surface area contributed by atoms with Crippen molar-refractivity contribution in [2.75, 3.05) is 52.4 Å². The Balaban J connectivity index is 1.04. The molecule has 0 bridgehead atoms. The molecule has 0 unspecified atom stereocenters. The third-order valence-corrected chi connectivity index (χ3v) is 19.0. The van der Waals surface area contributed by atoms with Gasteiger partial charge in [-0.15, -0.1) is 11.8 Å². The molecule has 95 heavy (non-hydrogen) atoms. The number of guanidine groups is 3. The second-order valence-corrected chi connectivity index (χ2v) is 26.0. The number of nitrogens with one attached hydrogen (secondary N) is 5. The predicted molar refractivity (Wildman–Crippen MR) is 351 cm³/mol. The van der Waals surface area contributed by atoms with Crippen LogP contribution in [0.1, 0.15) is 102 Å². The van der Waals surface area contributed by atoms with Crippen LogP contribution in [-0.4, -0.2) is 236 Å². The van der Waals surface area contributed by atoms with E-state index < -0.39 is 139 Å². The lowest BCUT2D eigenvalue weighted by atomic mass is 9.84. The van der Waals surface area contributed by atoms with E-state index >= 15 is 9.59 Å². The van der Waals surface area contributed by atoms with Crippen molar-refractivity contribution in [2.45, 2.75) is 179 Å². The van der Waals surface area contributed by atoms with Crippen LogP contribution in [0.3, 0.4) is 0 Å². The molecule has 13 atom stereocenters. The zero-order valence-corrected chi connectivity index (χ0v) is 54.1. The number of thioether (sulfide) groups is 1. The fourth-order valence-corrected chi connectivity index (χ4v) is 14.4. The number of amides is 9. The summed E-state index contributed by atoms with van der Waals surface area (Å²) in [7, 11) is 0. The van der Waals surface area contributed by atoms with E-state index in [1.807, 2.05) is 30.3 Å². The maximum Gasteiger partial charge on any atom is 0.326 e. The number of fused-ring (bicyclic) bond motifs is 1. The van der Waals surface area contributed by atoms with Gasteiger partial charge in [0, 0.05) is 68.3 Å². The number of carboxylic acids is 1. The molecule has 9 amide bonds. The molecule has 5 fully saturated rings. The maximum atomic E-state index is 15.4. The summed E-state index contributed by atoms with van der Waals surface area (Å²) in [6.07, 6.45) is 3.48. The third kappa shape index (κ3) is 20.8. The SMILES string of the molecule is NC(N)=NCCC[C@@H](N)C(=O)N[C@@H](CCCN=C(N)N)C(=O)N1CCC[C@H]1C(=O)N1C[C@H](O)C[C@H]1C(=O)NCC(=O)N[C@@H](Cc1ccccc1)C(=O)N[C@@H](CO)C(=O)N1C[C@@H](Sc2ccccc2)C[C@@H]1C(=O)N1[C@H](C(=O)N[C@@H](CCCN=C(N)N)C(=O)O)C[C@@H]2CCCC[C@@H]21. The first-order chi connectivity index (χ1) is 45.4. The molecule has 0 radical (unpaired) electrons.